The van der Waals surface area contributed by atoms with Gasteiger partial charge in [0.15, 0.2) is 0 Å². The number of nitrogens with one attached hydrogen (secondary N) is 2. The molecule has 5 N–H and O–H groups in total. The summed E-state index contributed by atoms with van der Waals surface area (Å²) in [4.78, 5) is 11.5. The van der Waals surface area contributed by atoms with Crippen molar-refractivity contribution in [2.45, 2.75) is 25.5 Å². The molecule has 0 aliphatic heterocycles. The van der Waals surface area contributed by atoms with Crippen molar-refractivity contribution < 1.29 is 9.90 Å². The molecule has 0 saturated carbocycles. The summed E-state index contributed by atoms with van der Waals surface area (Å²) in [6.45, 7) is 1.78. The molecular formula is C12H17N3O2. The summed E-state index contributed by atoms with van der Waals surface area (Å²) in [5.74, 6) is -0.689. The van der Waals surface area contributed by atoms with Gasteiger partial charge in [-0.25, -0.2) is 0 Å². The molecule has 0 bridgehead atoms. The van der Waals surface area contributed by atoms with Crippen molar-refractivity contribution >= 4 is 11.7 Å². The quantitative estimate of drug-likeness (QED) is 0.444. The number of aliphatic hydroxyl groups excluding tert-OH is 1. The second kappa shape index (κ2) is 6.12. The first-order chi connectivity index (χ1) is 8.06. The van der Waals surface area contributed by atoms with Crippen LogP contribution in [0.4, 0.5) is 0 Å². The first-order valence-corrected chi connectivity index (χ1v) is 5.44. The lowest BCUT2D eigenvalue weighted by Crippen LogP contribution is -2.47. The van der Waals surface area contributed by atoms with Crippen LogP contribution in [0, 0.1) is 5.41 Å². The Hall–Kier alpha value is -1.72. The zero-order chi connectivity index (χ0) is 12.8. The predicted molar refractivity (Wildman–Crippen MR) is 65.7 cm³/mol. The van der Waals surface area contributed by atoms with Gasteiger partial charge in [0, 0.05) is 11.6 Å². The van der Waals surface area contributed by atoms with Crippen molar-refractivity contribution in [1.29, 1.82) is 5.41 Å². The van der Waals surface area contributed by atoms with Crippen LogP contribution in [0.25, 0.3) is 0 Å². The number of amides is 1. The van der Waals surface area contributed by atoms with Gasteiger partial charge < -0.3 is 16.2 Å². The van der Waals surface area contributed by atoms with Crippen LogP contribution < -0.4 is 11.1 Å². The van der Waals surface area contributed by atoms with Gasteiger partial charge in [-0.1, -0.05) is 37.3 Å². The number of hydrogen-bond acceptors (Lipinski definition) is 4. The highest BCUT2D eigenvalue weighted by Crippen LogP contribution is 2.00. The highest BCUT2D eigenvalue weighted by Gasteiger charge is 2.22. The van der Waals surface area contributed by atoms with E-state index in [0.29, 0.717) is 12.0 Å². The van der Waals surface area contributed by atoms with Gasteiger partial charge >= 0.3 is 0 Å². The molecule has 17 heavy (non-hydrogen) atoms. The van der Waals surface area contributed by atoms with E-state index in [-0.39, 0.29) is 5.84 Å². The lowest BCUT2D eigenvalue weighted by molar-refractivity contribution is -0.128. The van der Waals surface area contributed by atoms with E-state index in [4.69, 9.17) is 11.1 Å². The highest BCUT2D eigenvalue weighted by molar-refractivity contribution is 6.07. The summed E-state index contributed by atoms with van der Waals surface area (Å²) < 4.78 is 0. The summed E-state index contributed by atoms with van der Waals surface area (Å²) in [5.41, 5.74) is 6.13. The third kappa shape index (κ3) is 3.65. The van der Waals surface area contributed by atoms with Gasteiger partial charge in [-0.2, -0.15) is 0 Å². The van der Waals surface area contributed by atoms with E-state index in [9.17, 15) is 9.90 Å². The van der Waals surface area contributed by atoms with Gasteiger partial charge in [0.2, 0.25) is 0 Å². The molecular weight excluding hydrogens is 218 g/mol. The Balaban J connectivity index is 2.61. The average Bonchev–Trinajstić information content (AvgIpc) is 2.37. The van der Waals surface area contributed by atoms with Gasteiger partial charge in [-0.15, -0.1) is 0 Å². The maximum Gasteiger partial charge on any atom is 0.255 e. The minimum atomic E-state index is -1.29. The van der Waals surface area contributed by atoms with Gasteiger partial charge in [0.25, 0.3) is 5.91 Å². The van der Waals surface area contributed by atoms with Crippen LogP contribution in [0.3, 0.4) is 0 Å². The molecule has 1 unspecified atom stereocenters. The van der Waals surface area contributed by atoms with Crippen molar-refractivity contribution in [2.24, 2.45) is 5.73 Å². The van der Waals surface area contributed by atoms with Crippen LogP contribution in [0.5, 0.6) is 0 Å². The molecule has 1 aromatic carbocycles. The summed E-state index contributed by atoms with van der Waals surface area (Å²) in [6.07, 6.45) is -0.795. The maximum absolute atomic E-state index is 11.5. The minimum absolute atomic E-state index is 0.0436. The fourth-order valence-electron chi connectivity index (χ4n) is 1.29. The molecule has 1 amide bonds. The summed E-state index contributed by atoms with van der Waals surface area (Å²) >= 11 is 0. The van der Waals surface area contributed by atoms with E-state index in [1.54, 1.807) is 31.2 Å². The Morgan fingerprint density at radius 2 is 2.06 bits per heavy atom. The van der Waals surface area contributed by atoms with Crippen LogP contribution in [0.15, 0.2) is 30.3 Å². The molecule has 0 aliphatic carbocycles. The molecule has 0 aromatic heterocycles. The second-order valence-corrected chi connectivity index (χ2v) is 3.75. The van der Waals surface area contributed by atoms with Gasteiger partial charge in [0.05, 0.1) is 0 Å². The van der Waals surface area contributed by atoms with E-state index in [1.807, 2.05) is 6.07 Å². The molecule has 5 heteroatoms. The lowest BCUT2D eigenvalue weighted by atomic mass is 10.1. The Kier molecular flexibility index (Phi) is 4.81. The van der Waals surface area contributed by atoms with Crippen molar-refractivity contribution in [1.82, 2.24) is 5.32 Å². The number of amidine groups is 1. The third-order valence-corrected chi connectivity index (χ3v) is 2.46. The Morgan fingerprint density at radius 1 is 1.47 bits per heavy atom. The van der Waals surface area contributed by atoms with Crippen LogP contribution >= 0.6 is 0 Å². The molecule has 5 nitrogen and oxygen atoms in total. The molecule has 0 aliphatic rings. The second-order valence-electron chi connectivity index (χ2n) is 3.75. The topological polar surface area (TPSA) is 99.2 Å². The smallest absolute Gasteiger partial charge is 0.255 e. The monoisotopic (exact) mass is 235 g/mol. The molecule has 92 valence electrons. The van der Waals surface area contributed by atoms with Crippen LogP contribution in [0.2, 0.25) is 0 Å². The fraction of sp³-hybridized carbons (Fsp3) is 0.333. The van der Waals surface area contributed by atoms with Crippen LogP contribution in [0.1, 0.15) is 18.9 Å². The maximum atomic E-state index is 11.5. The molecule has 2 atom stereocenters. The number of carbonyl (C=O) groups excluding carboxylic acids is 1. The molecule has 0 saturated heterocycles. The van der Waals surface area contributed by atoms with Crippen molar-refractivity contribution in [3.63, 3.8) is 0 Å². The normalized spacial score (nSPS) is 13.8. The van der Waals surface area contributed by atoms with E-state index >= 15 is 0 Å². The van der Waals surface area contributed by atoms with Crippen molar-refractivity contribution in [3.05, 3.63) is 35.9 Å². The zero-order valence-corrected chi connectivity index (χ0v) is 9.68. The van der Waals surface area contributed by atoms with E-state index in [1.165, 1.54) is 0 Å². The van der Waals surface area contributed by atoms with Crippen molar-refractivity contribution in [2.75, 3.05) is 0 Å². The van der Waals surface area contributed by atoms with Crippen LogP contribution in [-0.4, -0.2) is 29.0 Å². The van der Waals surface area contributed by atoms with Crippen molar-refractivity contribution in [3.8, 4) is 0 Å². The summed E-state index contributed by atoms with van der Waals surface area (Å²) in [5, 5.41) is 19.5. The molecule has 0 radical (unpaired) electrons. The largest absolute Gasteiger partial charge is 0.382 e. The minimum Gasteiger partial charge on any atom is -0.382 e. The molecule has 0 spiro atoms. The fourth-order valence-corrected chi connectivity index (χ4v) is 1.29. The van der Waals surface area contributed by atoms with Gasteiger partial charge in [-0.3, -0.25) is 10.2 Å². The number of aliphatic hydroxyl groups is 1. The standard InChI is InChI=1S/C12H17N3O2/c1-2-9(13)10(16)12(17)15-11(14)8-6-4-3-5-7-8/h3-7,9-10,16H,2,13H2,1H3,(H2,14,15,17)/t9-,10?/m0/s1. The number of benzene rings is 1. The first kappa shape index (κ1) is 13.3. The Morgan fingerprint density at radius 3 is 2.59 bits per heavy atom. The summed E-state index contributed by atoms with van der Waals surface area (Å²) in [6, 6.07) is 8.15. The van der Waals surface area contributed by atoms with E-state index in [0.717, 1.165) is 0 Å². The zero-order valence-electron chi connectivity index (χ0n) is 9.68. The number of carbonyl (C=O) groups is 1. The predicted octanol–water partition coefficient (Wildman–Crippen LogP) is 0.226. The number of nitrogens with two attached hydrogens (primary N) is 1. The van der Waals surface area contributed by atoms with Gasteiger partial charge in [-0.05, 0) is 6.42 Å². The molecule has 0 fully saturated rings. The molecule has 0 heterocycles. The summed E-state index contributed by atoms with van der Waals surface area (Å²) in [7, 11) is 0. The SMILES string of the molecule is CC[C@H](N)C(O)C(=O)NC(=N)c1ccccc1. The average molecular weight is 235 g/mol. The highest BCUT2D eigenvalue weighted by atomic mass is 16.3. The third-order valence-electron chi connectivity index (χ3n) is 2.46. The molecule has 1 rings (SSSR count). The van der Waals surface area contributed by atoms with Crippen LogP contribution in [-0.2, 0) is 4.79 Å². The Bertz CT molecular complexity index is 392. The van der Waals surface area contributed by atoms with E-state index < -0.39 is 18.1 Å². The number of hydrogen-bond donors (Lipinski definition) is 4. The van der Waals surface area contributed by atoms with E-state index in [2.05, 4.69) is 5.32 Å². The first-order valence-electron chi connectivity index (χ1n) is 5.44. The lowest BCUT2D eigenvalue weighted by Gasteiger charge is -2.16. The number of rotatable bonds is 4. The molecule has 1 aromatic rings. The Labute approximate surface area is 100 Å². The van der Waals surface area contributed by atoms with Gasteiger partial charge in [0.1, 0.15) is 11.9 Å².